The Hall–Kier alpha value is -2.02. The number of aromatic nitrogens is 2. The number of methoxy groups -OCH3 is 1. The second kappa shape index (κ2) is 6.62. The number of nitrogens with one attached hydrogen (secondary N) is 1. The molecule has 0 radical (unpaired) electrons. The van der Waals surface area contributed by atoms with E-state index in [0.29, 0.717) is 18.1 Å². The van der Waals surface area contributed by atoms with E-state index >= 15 is 0 Å². The lowest BCUT2D eigenvalue weighted by molar-refractivity contribution is 0.0586. The normalized spacial score (nSPS) is 10.3. The van der Waals surface area contributed by atoms with E-state index < -0.39 is 5.97 Å². The van der Waals surface area contributed by atoms with E-state index in [4.69, 9.17) is 0 Å². The Labute approximate surface area is 129 Å². The van der Waals surface area contributed by atoms with Crippen LogP contribution in [-0.2, 0) is 11.3 Å². The van der Waals surface area contributed by atoms with Gasteiger partial charge >= 0.3 is 5.97 Å². The Morgan fingerprint density at radius 2 is 2.14 bits per heavy atom. The third-order valence-electron chi connectivity index (χ3n) is 2.69. The molecule has 0 bridgehead atoms. The average Bonchev–Trinajstić information content (AvgIpc) is 2.46. The van der Waals surface area contributed by atoms with Crippen molar-refractivity contribution in [2.45, 2.75) is 13.5 Å². The molecule has 0 unspecified atom stereocenters. The number of benzene rings is 1. The topological polar surface area (TPSA) is 64.1 Å². The van der Waals surface area contributed by atoms with Crippen molar-refractivity contribution in [3.05, 3.63) is 51.6 Å². The summed E-state index contributed by atoms with van der Waals surface area (Å²) in [6.07, 6.45) is 0. The molecule has 5 nitrogen and oxygen atoms in total. The summed E-state index contributed by atoms with van der Waals surface area (Å²) in [4.78, 5) is 19.5. The summed E-state index contributed by atoms with van der Waals surface area (Å²) >= 11 is 3.35. The summed E-state index contributed by atoms with van der Waals surface area (Å²) in [7, 11) is 1.27. The molecule has 110 valence electrons. The quantitative estimate of drug-likeness (QED) is 0.855. The largest absolute Gasteiger partial charge is 0.463 e. The monoisotopic (exact) mass is 353 g/mol. The number of rotatable bonds is 4. The highest BCUT2D eigenvalue weighted by molar-refractivity contribution is 9.10. The minimum atomic E-state index is -0.603. The Morgan fingerprint density at radius 1 is 1.38 bits per heavy atom. The summed E-state index contributed by atoms with van der Waals surface area (Å²) < 4.78 is 18.6. The summed E-state index contributed by atoms with van der Waals surface area (Å²) in [6.45, 7) is 2.10. The van der Waals surface area contributed by atoms with Crippen molar-refractivity contribution in [1.29, 1.82) is 0 Å². The van der Waals surface area contributed by atoms with E-state index in [2.05, 4.69) is 36.0 Å². The highest BCUT2D eigenvalue weighted by Gasteiger charge is 2.11. The standard InChI is InChI=1S/C14H13BrFN3O2/c1-8-5-12(19-13(18-8)14(20)21-2)17-7-9-6-10(16)3-4-11(9)15/h3-6H,7H2,1-2H3,(H,17,18,19). The van der Waals surface area contributed by atoms with E-state index in [1.807, 2.05) is 0 Å². The lowest BCUT2D eigenvalue weighted by atomic mass is 10.2. The van der Waals surface area contributed by atoms with Crippen LogP contribution in [0, 0.1) is 12.7 Å². The first-order chi connectivity index (χ1) is 9.99. The Bertz CT molecular complexity index is 679. The van der Waals surface area contributed by atoms with Crippen LogP contribution in [0.3, 0.4) is 0 Å². The van der Waals surface area contributed by atoms with Gasteiger partial charge in [-0.05, 0) is 30.7 Å². The molecular formula is C14H13BrFN3O2. The van der Waals surface area contributed by atoms with Crippen molar-refractivity contribution >= 4 is 27.7 Å². The van der Waals surface area contributed by atoms with Crippen molar-refractivity contribution in [2.75, 3.05) is 12.4 Å². The van der Waals surface area contributed by atoms with Crippen molar-refractivity contribution in [3.8, 4) is 0 Å². The van der Waals surface area contributed by atoms with Gasteiger partial charge in [0.05, 0.1) is 7.11 Å². The zero-order chi connectivity index (χ0) is 15.4. The second-order valence-corrected chi connectivity index (χ2v) is 5.15. The van der Waals surface area contributed by atoms with Crippen LogP contribution >= 0.6 is 15.9 Å². The number of hydrogen-bond donors (Lipinski definition) is 1. The molecule has 1 N–H and O–H groups in total. The van der Waals surface area contributed by atoms with Crippen LogP contribution in [-0.4, -0.2) is 23.0 Å². The van der Waals surface area contributed by atoms with Crippen LogP contribution in [0.2, 0.25) is 0 Å². The zero-order valence-electron chi connectivity index (χ0n) is 11.5. The molecule has 0 aliphatic carbocycles. The number of carbonyl (C=O) groups excluding carboxylic acids is 1. The first-order valence-corrected chi connectivity index (χ1v) is 6.90. The van der Waals surface area contributed by atoms with Crippen LogP contribution < -0.4 is 5.32 Å². The molecule has 0 saturated heterocycles. The van der Waals surface area contributed by atoms with E-state index in [-0.39, 0.29) is 11.6 Å². The number of aryl methyl sites for hydroxylation is 1. The predicted molar refractivity (Wildman–Crippen MR) is 79.5 cm³/mol. The van der Waals surface area contributed by atoms with Crippen LogP contribution in [0.1, 0.15) is 21.9 Å². The summed E-state index contributed by atoms with van der Waals surface area (Å²) in [6, 6.07) is 6.13. The van der Waals surface area contributed by atoms with E-state index in [0.717, 1.165) is 10.0 Å². The molecule has 0 spiro atoms. The van der Waals surface area contributed by atoms with Crippen molar-refractivity contribution in [2.24, 2.45) is 0 Å². The van der Waals surface area contributed by atoms with E-state index in [1.54, 1.807) is 19.1 Å². The molecule has 0 aliphatic rings. The second-order valence-electron chi connectivity index (χ2n) is 4.30. The number of carbonyl (C=O) groups is 1. The summed E-state index contributed by atoms with van der Waals surface area (Å²) in [5, 5.41) is 3.03. The summed E-state index contributed by atoms with van der Waals surface area (Å²) in [5.74, 6) is -0.463. The highest BCUT2D eigenvalue weighted by Crippen LogP contribution is 2.19. The highest BCUT2D eigenvalue weighted by atomic mass is 79.9. The minimum absolute atomic E-state index is 0.0155. The number of anilines is 1. The van der Waals surface area contributed by atoms with Gasteiger partial charge in [0.25, 0.3) is 0 Å². The SMILES string of the molecule is COC(=O)c1nc(C)cc(NCc2cc(F)ccc2Br)n1. The van der Waals surface area contributed by atoms with Gasteiger partial charge in [0.2, 0.25) is 5.82 Å². The first-order valence-electron chi connectivity index (χ1n) is 6.11. The molecule has 1 heterocycles. The van der Waals surface area contributed by atoms with Gasteiger partial charge in [0.1, 0.15) is 11.6 Å². The molecule has 1 aromatic carbocycles. The van der Waals surface area contributed by atoms with Gasteiger partial charge in [0.15, 0.2) is 0 Å². The Morgan fingerprint density at radius 3 is 2.86 bits per heavy atom. The lowest BCUT2D eigenvalue weighted by Crippen LogP contribution is -2.11. The fourth-order valence-electron chi connectivity index (χ4n) is 1.71. The molecule has 0 aliphatic heterocycles. The van der Waals surface area contributed by atoms with Gasteiger partial charge in [-0.25, -0.2) is 19.2 Å². The fraction of sp³-hybridized carbons (Fsp3) is 0.214. The van der Waals surface area contributed by atoms with Gasteiger partial charge in [0, 0.05) is 22.8 Å². The molecule has 0 fully saturated rings. The van der Waals surface area contributed by atoms with Crippen molar-refractivity contribution in [1.82, 2.24) is 9.97 Å². The van der Waals surface area contributed by atoms with Gasteiger partial charge in [-0.15, -0.1) is 0 Å². The van der Waals surface area contributed by atoms with Crippen LogP contribution in [0.15, 0.2) is 28.7 Å². The number of hydrogen-bond acceptors (Lipinski definition) is 5. The minimum Gasteiger partial charge on any atom is -0.463 e. The first kappa shape index (κ1) is 15.4. The predicted octanol–water partition coefficient (Wildman–Crippen LogP) is 3.09. The molecule has 0 atom stereocenters. The maximum atomic E-state index is 13.2. The Balaban J connectivity index is 2.18. The number of halogens is 2. The molecule has 7 heteroatoms. The molecule has 0 amide bonds. The molecule has 21 heavy (non-hydrogen) atoms. The molecule has 2 aromatic rings. The fourth-order valence-corrected chi connectivity index (χ4v) is 2.09. The maximum Gasteiger partial charge on any atom is 0.376 e. The lowest BCUT2D eigenvalue weighted by Gasteiger charge is -2.09. The van der Waals surface area contributed by atoms with E-state index in [1.165, 1.54) is 19.2 Å². The van der Waals surface area contributed by atoms with Crippen LogP contribution in [0.4, 0.5) is 10.2 Å². The van der Waals surface area contributed by atoms with Crippen molar-refractivity contribution < 1.29 is 13.9 Å². The zero-order valence-corrected chi connectivity index (χ0v) is 13.1. The molecule has 2 rings (SSSR count). The number of nitrogens with zero attached hydrogens (tertiary/aromatic N) is 2. The third kappa shape index (κ3) is 3.98. The molecule has 0 saturated carbocycles. The van der Waals surface area contributed by atoms with E-state index in [9.17, 15) is 9.18 Å². The number of esters is 1. The van der Waals surface area contributed by atoms with Gasteiger partial charge in [-0.2, -0.15) is 0 Å². The average molecular weight is 354 g/mol. The van der Waals surface area contributed by atoms with Crippen LogP contribution in [0.5, 0.6) is 0 Å². The smallest absolute Gasteiger partial charge is 0.376 e. The third-order valence-corrected chi connectivity index (χ3v) is 3.46. The molecule has 1 aromatic heterocycles. The number of ether oxygens (including phenoxy) is 1. The van der Waals surface area contributed by atoms with Gasteiger partial charge in [-0.3, -0.25) is 0 Å². The summed E-state index contributed by atoms with van der Waals surface area (Å²) in [5.41, 5.74) is 1.37. The van der Waals surface area contributed by atoms with Gasteiger partial charge < -0.3 is 10.1 Å². The maximum absolute atomic E-state index is 13.2. The molecular weight excluding hydrogens is 341 g/mol. The van der Waals surface area contributed by atoms with Gasteiger partial charge in [-0.1, -0.05) is 15.9 Å². The van der Waals surface area contributed by atoms with Crippen LogP contribution in [0.25, 0.3) is 0 Å². The van der Waals surface area contributed by atoms with Crippen molar-refractivity contribution in [3.63, 3.8) is 0 Å². The Kier molecular flexibility index (Phi) is 4.85.